The second-order valence-corrected chi connectivity index (χ2v) is 8.67. The molecule has 1 amide bonds. The number of fused-ring (bicyclic) bond motifs is 3. The first-order valence-electron chi connectivity index (χ1n) is 11.3. The van der Waals surface area contributed by atoms with Crippen molar-refractivity contribution in [2.75, 3.05) is 13.7 Å². The molecule has 2 aromatic rings. The molecule has 4 atom stereocenters. The summed E-state index contributed by atoms with van der Waals surface area (Å²) in [6.07, 6.45) is -2.56. The summed E-state index contributed by atoms with van der Waals surface area (Å²) in [5.41, 5.74) is 4.53. The maximum absolute atomic E-state index is 13.1. The number of benzene rings is 2. The first-order valence-corrected chi connectivity index (χ1v) is 11.3. The van der Waals surface area contributed by atoms with Crippen molar-refractivity contribution >= 4 is 18.0 Å². The predicted octanol–water partition coefficient (Wildman–Crippen LogP) is 3.87. The minimum absolute atomic E-state index is 0.0672. The molecular formula is C26H29NO7. The maximum Gasteiger partial charge on any atom is 0.410 e. The van der Waals surface area contributed by atoms with Gasteiger partial charge in [-0.2, -0.15) is 0 Å². The minimum Gasteiger partial charge on any atom is -0.460 e. The molecule has 1 aliphatic carbocycles. The third-order valence-corrected chi connectivity index (χ3v) is 6.34. The predicted molar refractivity (Wildman–Crippen MR) is 123 cm³/mol. The molecule has 0 spiro atoms. The van der Waals surface area contributed by atoms with Gasteiger partial charge in [-0.3, -0.25) is 9.59 Å². The van der Waals surface area contributed by atoms with Gasteiger partial charge in [0.05, 0.1) is 12.1 Å². The lowest BCUT2D eigenvalue weighted by molar-refractivity contribution is -0.231. The van der Waals surface area contributed by atoms with E-state index in [0.29, 0.717) is 0 Å². The summed E-state index contributed by atoms with van der Waals surface area (Å²) in [6.45, 7) is 4.49. The lowest BCUT2D eigenvalue weighted by Gasteiger charge is -2.42. The van der Waals surface area contributed by atoms with Crippen LogP contribution in [-0.4, -0.2) is 61.1 Å². The van der Waals surface area contributed by atoms with E-state index in [1.807, 2.05) is 24.3 Å². The molecule has 0 bridgehead atoms. The van der Waals surface area contributed by atoms with Crippen LogP contribution >= 0.6 is 0 Å². The number of esters is 2. The second-order valence-electron chi connectivity index (χ2n) is 8.67. The van der Waals surface area contributed by atoms with Gasteiger partial charge in [0.2, 0.25) is 6.29 Å². The van der Waals surface area contributed by atoms with E-state index in [1.165, 1.54) is 18.7 Å². The number of hydrogen-bond donors (Lipinski definition) is 0. The Bertz CT molecular complexity index is 1040. The van der Waals surface area contributed by atoms with E-state index in [-0.39, 0.29) is 18.9 Å². The normalized spacial score (nSPS) is 23.4. The molecule has 0 saturated carbocycles. The lowest BCUT2D eigenvalue weighted by Crippen LogP contribution is -2.58. The van der Waals surface area contributed by atoms with Gasteiger partial charge in [0.1, 0.15) is 12.7 Å². The third kappa shape index (κ3) is 4.77. The summed E-state index contributed by atoms with van der Waals surface area (Å²) in [5, 5.41) is 0. The molecule has 8 heteroatoms. The lowest BCUT2D eigenvalue weighted by atomic mass is 9.97. The number of rotatable bonds is 5. The Balaban J connectivity index is 1.47. The van der Waals surface area contributed by atoms with Gasteiger partial charge in [0.15, 0.2) is 0 Å². The van der Waals surface area contributed by atoms with Crippen LogP contribution < -0.4 is 0 Å². The van der Waals surface area contributed by atoms with Crippen molar-refractivity contribution in [2.45, 2.75) is 57.6 Å². The minimum atomic E-state index is -0.857. The van der Waals surface area contributed by atoms with Crippen molar-refractivity contribution in [1.82, 2.24) is 4.90 Å². The standard InChI is InChI=1S/C26H29NO7/c1-15-25(23(33-16(2)28)13-24(32-15)34-17(3)29)27(4)26(30)31-14-22-20-11-7-5-9-18(20)19-10-6-8-12-21(19)22/h5-12,15,22-25H,13-14H2,1-4H3/t15-,23+,24-,25-/m1/s1. The van der Waals surface area contributed by atoms with E-state index in [9.17, 15) is 14.4 Å². The zero-order valence-electron chi connectivity index (χ0n) is 19.7. The van der Waals surface area contributed by atoms with Crippen LogP contribution in [0, 0.1) is 0 Å². The highest BCUT2D eigenvalue weighted by Gasteiger charge is 2.44. The topological polar surface area (TPSA) is 91.4 Å². The summed E-state index contributed by atoms with van der Waals surface area (Å²) >= 11 is 0. The van der Waals surface area contributed by atoms with E-state index in [2.05, 4.69) is 24.3 Å². The Morgan fingerprint density at radius 1 is 0.941 bits per heavy atom. The van der Waals surface area contributed by atoms with Crippen molar-refractivity contribution in [3.8, 4) is 11.1 Å². The summed E-state index contributed by atoms with van der Waals surface area (Å²) in [5.74, 6) is -1.06. The van der Waals surface area contributed by atoms with Crippen LogP contribution in [-0.2, 0) is 28.5 Å². The second kappa shape index (κ2) is 9.85. The monoisotopic (exact) mass is 467 g/mol. The molecule has 0 unspecified atom stereocenters. The molecule has 1 saturated heterocycles. The van der Waals surface area contributed by atoms with Gasteiger partial charge in [-0.1, -0.05) is 48.5 Å². The van der Waals surface area contributed by atoms with Gasteiger partial charge in [0.25, 0.3) is 0 Å². The number of hydrogen-bond acceptors (Lipinski definition) is 7. The first-order chi connectivity index (χ1) is 16.3. The smallest absolute Gasteiger partial charge is 0.410 e. The summed E-state index contributed by atoms with van der Waals surface area (Å²) in [7, 11) is 1.59. The van der Waals surface area contributed by atoms with Crippen molar-refractivity contribution < 1.29 is 33.3 Å². The highest BCUT2D eigenvalue weighted by Crippen LogP contribution is 2.44. The van der Waals surface area contributed by atoms with E-state index in [0.717, 1.165) is 22.3 Å². The first kappa shape index (κ1) is 23.8. The maximum atomic E-state index is 13.1. The van der Waals surface area contributed by atoms with Crippen molar-refractivity contribution in [3.05, 3.63) is 59.7 Å². The number of ether oxygens (including phenoxy) is 4. The quantitative estimate of drug-likeness (QED) is 0.487. The molecule has 0 N–H and O–H groups in total. The average Bonchev–Trinajstić information content (AvgIpc) is 3.10. The van der Waals surface area contributed by atoms with Gasteiger partial charge in [0, 0.05) is 33.2 Å². The van der Waals surface area contributed by atoms with Gasteiger partial charge in [-0.25, -0.2) is 4.79 Å². The Morgan fingerprint density at radius 2 is 1.50 bits per heavy atom. The number of nitrogens with zero attached hydrogens (tertiary/aromatic N) is 1. The molecule has 2 aromatic carbocycles. The number of carbonyl (C=O) groups excluding carboxylic acids is 3. The molecule has 180 valence electrons. The molecule has 8 nitrogen and oxygen atoms in total. The zero-order valence-corrected chi connectivity index (χ0v) is 19.7. The molecular weight excluding hydrogens is 438 g/mol. The zero-order chi connectivity index (χ0) is 24.4. The van der Waals surface area contributed by atoms with Gasteiger partial charge in [-0.05, 0) is 29.2 Å². The Hall–Kier alpha value is -3.39. The van der Waals surface area contributed by atoms with Crippen LogP contribution in [0.1, 0.15) is 44.2 Å². The molecule has 0 aromatic heterocycles. The van der Waals surface area contributed by atoms with Gasteiger partial charge >= 0.3 is 18.0 Å². The Morgan fingerprint density at radius 3 is 2.06 bits per heavy atom. The fourth-order valence-electron chi connectivity index (χ4n) is 4.98. The molecule has 1 heterocycles. The van der Waals surface area contributed by atoms with Crippen molar-refractivity contribution in [1.29, 1.82) is 0 Å². The SMILES string of the molecule is CC(=O)O[C@@H]1C[C@H](OC(C)=O)[C@H](N(C)C(=O)OCC2c3ccccc3-c3ccccc32)[C@@H](C)O1. The largest absolute Gasteiger partial charge is 0.460 e. The van der Waals surface area contributed by atoms with Crippen LogP contribution in [0.4, 0.5) is 4.79 Å². The van der Waals surface area contributed by atoms with Crippen LogP contribution in [0.5, 0.6) is 0 Å². The van der Waals surface area contributed by atoms with E-state index < -0.39 is 42.6 Å². The summed E-state index contributed by atoms with van der Waals surface area (Å²) in [4.78, 5) is 37.6. The van der Waals surface area contributed by atoms with Crippen LogP contribution in [0.15, 0.2) is 48.5 Å². The number of amides is 1. The molecule has 34 heavy (non-hydrogen) atoms. The van der Waals surface area contributed by atoms with Crippen LogP contribution in [0.3, 0.4) is 0 Å². The molecule has 2 aliphatic rings. The number of carbonyl (C=O) groups is 3. The van der Waals surface area contributed by atoms with E-state index in [1.54, 1.807) is 14.0 Å². The van der Waals surface area contributed by atoms with Gasteiger partial charge in [-0.15, -0.1) is 0 Å². The van der Waals surface area contributed by atoms with Crippen LogP contribution in [0.2, 0.25) is 0 Å². The molecule has 0 radical (unpaired) electrons. The summed E-state index contributed by atoms with van der Waals surface area (Å²) < 4.78 is 22.2. The molecule has 4 rings (SSSR count). The molecule has 1 fully saturated rings. The van der Waals surface area contributed by atoms with E-state index >= 15 is 0 Å². The Labute approximate surface area is 198 Å². The highest BCUT2D eigenvalue weighted by atomic mass is 16.7. The van der Waals surface area contributed by atoms with Crippen molar-refractivity contribution in [2.24, 2.45) is 0 Å². The fraction of sp³-hybridized carbons (Fsp3) is 0.423. The van der Waals surface area contributed by atoms with Gasteiger partial charge < -0.3 is 23.8 Å². The Kier molecular flexibility index (Phi) is 6.88. The van der Waals surface area contributed by atoms with Crippen molar-refractivity contribution in [3.63, 3.8) is 0 Å². The van der Waals surface area contributed by atoms with E-state index in [4.69, 9.17) is 18.9 Å². The molecule has 1 aliphatic heterocycles. The average molecular weight is 468 g/mol. The summed E-state index contributed by atoms with van der Waals surface area (Å²) in [6, 6.07) is 15.6. The highest BCUT2D eigenvalue weighted by molar-refractivity contribution is 5.79. The fourth-order valence-corrected chi connectivity index (χ4v) is 4.98. The number of likely N-dealkylation sites (N-methyl/N-ethyl adjacent to an activating group) is 1. The third-order valence-electron chi connectivity index (χ3n) is 6.34. The van der Waals surface area contributed by atoms with Crippen LogP contribution in [0.25, 0.3) is 11.1 Å².